The van der Waals surface area contributed by atoms with Crippen molar-refractivity contribution >= 4 is 11.8 Å². The molecular formula is C20H26N2O2. The number of hydrogen-bond acceptors (Lipinski definition) is 2. The minimum absolute atomic E-state index is 0.0470. The molecule has 0 N–H and O–H groups in total. The van der Waals surface area contributed by atoms with Gasteiger partial charge in [0.2, 0.25) is 11.8 Å². The lowest BCUT2D eigenvalue weighted by atomic mass is 9.83. The number of nitrogens with zero attached hydrogens (tertiary/aromatic N) is 2. The summed E-state index contributed by atoms with van der Waals surface area (Å²) in [6.07, 6.45) is 7.46. The first-order valence-electron chi connectivity index (χ1n) is 9.37. The van der Waals surface area contributed by atoms with Gasteiger partial charge in [0.05, 0.1) is 6.54 Å². The summed E-state index contributed by atoms with van der Waals surface area (Å²) in [6.45, 7) is 1.71. The minimum Gasteiger partial charge on any atom is -0.336 e. The van der Waals surface area contributed by atoms with Gasteiger partial charge < -0.3 is 9.80 Å². The SMILES string of the molecule is O=C(C1CCc2ccccc2C1)N1CCN(C2CCCC2)C(=O)C1. The van der Waals surface area contributed by atoms with Crippen molar-refractivity contribution < 1.29 is 9.59 Å². The molecule has 0 aromatic heterocycles. The largest absolute Gasteiger partial charge is 0.336 e. The van der Waals surface area contributed by atoms with Crippen molar-refractivity contribution in [2.24, 2.45) is 5.92 Å². The number of benzene rings is 1. The van der Waals surface area contributed by atoms with E-state index in [1.165, 1.54) is 24.0 Å². The van der Waals surface area contributed by atoms with E-state index in [1.54, 1.807) is 0 Å². The van der Waals surface area contributed by atoms with Gasteiger partial charge in [0.25, 0.3) is 0 Å². The van der Waals surface area contributed by atoms with Gasteiger partial charge in [-0.2, -0.15) is 0 Å². The van der Waals surface area contributed by atoms with Crippen LogP contribution in [-0.2, 0) is 22.4 Å². The van der Waals surface area contributed by atoms with E-state index in [2.05, 4.69) is 24.3 Å². The van der Waals surface area contributed by atoms with Gasteiger partial charge >= 0.3 is 0 Å². The maximum atomic E-state index is 12.9. The van der Waals surface area contributed by atoms with Crippen LogP contribution in [0.15, 0.2) is 24.3 Å². The third-order valence-corrected chi connectivity index (χ3v) is 6.03. The minimum atomic E-state index is 0.0470. The van der Waals surface area contributed by atoms with Crippen LogP contribution in [0.2, 0.25) is 0 Å². The van der Waals surface area contributed by atoms with Crippen molar-refractivity contribution in [2.45, 2.75) is 51.0 Å². The van der Waals surface area contributed by atoms with E-state index in [0.29, 0.717) is 12.6 Å². The molecule has 1 unspecified atom stereocenters. The average molecular weight is 326 g/mol. The van der Waals surface area contributed by atoms with E-state index < -0.39 is 0 Å². The summed E-state index contributed by atoms with van der Waals surface area (Å²) in [4.78, 5) is 29.2. The molecule has 1 aromatic rings. The number of fused-ring (bicyclic) bond motifs is 1. The molecule has 1 saturated carbocycles. The molecule has 0 bridgehead atoms. The van der Waals surface area contributed by atoms with Gasteiger partial charge in [-0.15, -0.1) is 0 Å². The second kappa shape index (κ2) is 6.58. The zero-order chi connectivity index (χ0) is 16.5. The second-order valence-corrected chi connectivity index (χ2v) is 7.49. The Morgan fingerprint density at radius 1 is 1.00 bits per heavy atom. The first kappa shape index (κ1) is 15.7. The summed E-state index contributed by atoms with van der Waals surface area (Å²) in [6, 6.07) is 8.85. The number of piperazine rings is 1. The lowest BCUT2D eigenvalue weighted by Crippen LogP contribution is -2.56. The highest BCUT2D eigenvalue weighted by molar-refractivity contribution is 5.87. The molecule has 4 rings (SSSR count). The standard InChI is InChI=1S/C20H26N2O2/c23-19-14-21(11-12-22(19)18-7-3-4-8-18)20(24)17-10-9-15-5-1-2-6-16(15)13-17/h1-2,5-6,17-18H,3-4,7-14H2. The van der Waals surface area contributed by atoms with Gasteiger partial charge in [0.1, 0.15) is 0 Å². The van der Waals surface area contributed by atoms with E-state index in [4.69, 9.17) is 0 Å². The molecule has 4 nitrogen and oxygen atoms in total. The Morgan fingerprint density at radius 3 is 2.50 bits per heavy atom. The van der Waals surface area contributed by atoms with Gasteiger partial charge in [-0.3, -0.25) is 9.59 Å². The van der Waals surface area contributed by atoms with Crippen molar-refractivity contribution in [1.29, 1.82) is 0 Å². The Morgan fingerprint density at radius 2 is 1.75 bits per heavy atom. The summed E-state index contributed by atoms with van der Waals surface area (Å²) in [5.74, 6) is 0.382. The highest BCUT2D eigenvalue weighted by Gasteiger charge is 2.35. The summed E-state index contributed by atoms with van der Waals surface area (Å²) >= 11 is 0. The molecule has 2 aliphatic carbocycles. The van der Waals surface area contributed by atoms with Crippen LogP contribution in [-0.4, -0.2) is 47.3 Å². The van der Waals surface area contributed by atoms with Crippen LogP contribution in [0, 0.1) is 5.92 Å². The smallest absolute Gasteiger partial charge is 0.242 e. The zero-order valence-electron chi connectivity index (χ0n) is 14.2. The maximum absolute atomic E-state index is 12.9. The number of carbonyl (C=O) groups excluding carboxylic acids is 2. The van der Waals surface area contributed by atoms with E-state index in [1.807, 2.05) is 9.80 Å². The molecule has 24 heavy (non-hydrogen) atoms. The van der Waals surface area contributed by atoms with Gasteiger partial charge in [0, 0.05) is 25.0 Å². The van der Waals surface area contributed by atoms with Crippen LogP contribution >= 0.6 is 0 Å². The molecule has 2 fully saturated rings. The maximum Gasteiger partial charge on any atom is 0.242 e. The van der Waals surface area contributed by atoms with E-state index in [0.717, 1.165) is 38.6 Å². The number of rotatable bonds is 2. The topological polar surface area (TPSA) is 40.6 Å². The number of amides is 2. The predicted octanol–water partition coefficient (Wildman–Crippen LogP) is 2.40. The molecule has 128 valence electrons. The third kappa shape index (κ3) is 2.94. The van der Waals surface area contributed by atoms with Gasteiger partial charge in [-0.05, 0) is 43.2 Å². The van der Waals surface area contributed by atoms with E-state index >= 15 is 0 Å². The Hall–Kier alpha value is -1.84. The molecule has 1 heterocycles. The lowest BCUT2D eigenvalue weighted by Gasteiger charge is -2.39. The molecule has 1 saturated heterocycles. The van der Waals surface area contributed by atoms with Crippen LogP contribution < -0.4 is 0 Å². The average Bonchev–Trinajstić information content (AvgIpc) is 3.15. The van der Waals surface area contributed by atoms with Crippen molar-refractivity contribution in [3.8, 4) is 0 Å². The predicted molar refractivity (Wildman–Crippen MR) is 92.5 cm³/mol. The molecule has 0 radical (unpaired) electrons. The van der Waals surface area contributed by atoms with Crippen LogP contribution in [0.1, 0.15) is 43.2 Å². The highest BCUT2D eigenvalue weighted by atomic mass is 16.2. The first-order chi connectivity index (χ1) is 11.7. The normalized spacial score (nSPS) is 25.0. The van der Waals surface area contributed by atoms with Crippen LogP contribution in [0.5, 0.6) is 0 Å². The Labute approximate surface area is 143 Å². The van der Waals surface area contributed by atoms with Crippen molar-refractivity contribution in [2.75, 3.05) is 19.6 Å². The summed E-state index contributed by atoms with van der Waals surface area (Å²) in [7, 11) is 0. The van der Waals surface area contributed by atoms with E-state index in [-0.39, 0.29) is 24.3 Å². The fraction of sp³-hybridized carbons (Fsp3) is 0.600. The Balaban J connectivity index is 1.38. The first-order valence-corrected chi connectivity index (χ1v) is 9.37. The Bertz CT molecular complexity index is 636. The van der Waals surface area contributed by atoms with Gasteiger partial charge in [0.15, 0.2) is 0 Å². The van der Waals surface area contributed by atoms with Gasteiger partial charge in [-0.25, -0.2) is 0 Å². The van der Waals surface area contributed by atoms with Crippen LogP contribution in [0.25, 0.3) is 0 Å². The van der Waals surface area contributed by atoms with E-state index in [9.17, 15) is 9.59 Å². The highest BCUT2D eigenvalue weighted by Crippen LogP contribution is 2.28. The molecule has 0 spiro atoms. The Kier molecular flexibility index (Phi) is 4.30. The third-order valence-electron chi connectivity index (χ3n) is 6.03. The quantitative estimate of drug-likeness (QED) is 0.837. The molecule has 3 aliphatic rings. The number of aryl methyl sites for hydroxylation is 1. The second-order valence-electron chi connectivity index (χ2n) is 7.49. The summed E-state index contributed by atoms with van der Waals surface area (Å²) in [5.41, 5.74) is 2.68. The van der Waals surface area contributed by atoms with Gasteiger partial charge in [-0.1, -0.05) is 37.1 Å². The van der Waals surface area contributed by atoms with Crippen molar-refractivity contribution in [1.82, 2.24) is 9.80 Å². The lowest BCUT2D eigenvalue weighted by molar-refractivity contribution is -0.149. The van der Waals surface area contributed by atoms with Crippen LogP contribution in [0.3, 0.4) is 0 Å². The molecule has 2 amide bonds. The molecular weight excluding hydrogens is 300 g/mol. The monoisotopic (exact) mass is 326 g/mol. The van der Waals surface area contributed by atoms with Crippen LogP contribution in [0.4, 0.5) is 0 Å². The van der Waals surface area contributed by atoms with Crippen molar-refractivity contribution in [3.05, 3.63) is 35.4 Å². The fourth-order valence-corrected chi connectivity index (χ4v) is 4.64. The number of hydrogen-bond donors (Lipinski definition) is 0. The summed E-state index contributed by atoms with van der Waals surface area (Å²) < 4.78 is 0. The summed E-state index contributed by atoms with van der Waals surface area (Å²) in [5, 5.41) is 0. The number of carbonyl (C=O) groups is 2. The molecule has 4 heteroatoms. The molecule has 1 atom stereocenters. The molecule has 1 aromatic carbocycles. The zero-order valence-corrected chi connectivity index (χ0v) is 14.2. The van der Waals surface area contributed by atoms with Crippen molar-refractivity contribution in [3.63, 3.8) is 0 Å². The fourth-order valence-electron chi connectivity index (χ4n) is 4.64. The molecule has 1 aliphatic heterocycles.